The van der Waals surface area contributed by atoms with Crippen molar-refractivity contribution in [3.63, 3.8) is 0 Å². The van der Waals surface area contributed by atoms with Gasteiger partial charge in [0.25, 0.3) is 11.5 Å². The zero-order valence-electron chi connectivity index (χ0n) is 25.9. The minimum Gasteiger partial charge on any atom is -0.382 e. The van der Waals surface area contributed by atoms with Gasteiger partial charge < -0.3 is 20.4 Å². The van der Waals surface area contributed by atoms with Crippen molar-refractivity contribution in [1.82, 2.24) is 15.2 Å². The van der Waals surface area contributed by atoms with E-state index in [1.165, 1.54) is 5.56 Å². The van der Waals surface area contributed by atoms with Gasteiger partial charge in [0.2, 0.25) is 0 Å². The molecule has 1 amide bonds. The van der Waals surface area contributed by atoms with Gasteiger partial charge in [-0.1, -0.05) is 31.2 Å². The number of nitrogens with one attached hydrogen (secondary N) is 3. The fraction of sp³-hybridized carbons (Fsp3) is 0.486. The summed E-state index contributed by atoms with van der Waals surface area (Å²) >= 11 is 0. The SMILES string of the molecule is CCC1CC(Nc2cc(-c3ccc(CN4CCC(F)CC4)cc3)cc(C(=O)NCc3c(C)cc(C)[nH]c3=O)c2C)CCO1. The Kier molecular flexibility index (Phi) is 9.98. The van der Waals surface area contributed by atoms with Gasteiger partial charge in [-0.05, 0) is 98.9 Å². The number of aromatic amines is 1. The molecule has 2 aliphatic heterocycles. The molecule has 230 valence electrons. The summed E-state index contributed by atoms with van der Waals surface area (Å²) in [6.45, 7) is 11.1. The van der Waals surface area contributed by atoms with E-state index in [-0.39, 0.29) is 30.2 Å². The van der Waals surface area contributed by atoms with E-state index in [2.05, 4.69) is 57.8 Å². The van der Waals surface area contributed by atoms with E-state index in [1.54, 1.807) is 0 Å². The topological polar surface area (TPSA) is 86.5 Å². The first kappa shape index (κ1) is 31.0. The maximum absolute atomic E-state index is 13.6. The number of nitrogens with zero attached hydrogens (tertiary/aromatic N) is 1. The van der Waals surface area contributed by atoms with Crippen LogP contribution in [0.3, 0.4) is 0 Å². The Morgan fingerprint density at radius 2 is 1.79 bits per heavy atom. The van der Waals surface area contributed by atoms with Gasteiger partial charge in [-0.3, -0.25) is 14.5 Å². The molecule has 8 heteroatoms. The number of hydrogen-bond donors (Lipinski definition) is 3. The molecule has 0 radical (unpaired) electrons. The molecule has 0 bridgehead atoms. The van der Waals surface area contributed by atoms with Gasteiger partial charge in [-0.25, -0.2) is 4.39 Å². The highest BCUT2D eigenvalue weighted by atomic mass is 19.1. The zero-order chi connectivity index (χ0) is 30.5. The van der Waals surface area contributed by atoms with Crippen molar-refractivity contribution in [3.05, 3.63) is 86.3 Å². The number of amides is 1. The van der Waals surface area contributed by atoms with Crippen LogP contribution in [-0.4, -0.2) is 53.8 Å². The van der Waals surface area contributed by atoms with Crippen molar-refractivity contribution in [2.45, 2.75) is 91.2 Å². The lowest BCUT2D eigenvalue weighted by Crippen LogP contribution is -2.34. The molecule has 7 nitrogen and oxygen atoms in total. The van der Waals surface area contributed by atoms with Gasteiger partial charge >= 0.3 is 0 Å². The van der Waals surface area contributed by atoms with Crippen molar-refractivity contribution < 1.29 is 13.9 Å². The molecule has 2 aliphatic rings. The van der Waals surface area contributed by atoms with E-state index >= 15 is 0 Å². The van der Waals surface area contributed by atoms with Crippen LogP contribution in [-0.2, 0) is 17.8 Å². The first-order valence-corrected chi connectivity index (χ1v) is 15.7. The lowest BCUT2D eigenvalue weighted by atomic mass is 9.95. The normalized spacial score (nSPS) is 19.7. The average molecular weight is 589 g/mol. The van der Waals surface area contributed by atoms with Crippen LogP contribution in [0, 0.1) is 20.8 Å². The highest BCUT2D eigenvalue weighted by molar-refractivity contribution is 5.98. The number of carbonyl (C=O) groups is 1. The van der Waals surface area contributed by atoms with E-state index in [4.69, 9.17) is 4.74 Å². The van der Waals surface area contributed by atoms with Crippen LogP contribution in [0.1, 0.15) is 77.3 Å². The van der Waals surface area contributed by atoms with Crippen LogP contribution in [0.2, 0.25) is 0 Å². The van der Waals surface area contributed by atoms with Crippen LogP contribution in [0.25, 0.3) is 11.1 Å². The van der Waals surface area contributed by atoms with Crippen LogP contribution >= 0.6 is 0 Å². The van der Waals surface area contributed by atoms with E-state index < -0.39 is 6.17 Å². The number of aromatic nitrogens is 1. The van der Waals surface area contributed by atoms with E-state index in [9.17, 15) is 14.0 Å². The molecule has 3 heterocycles. The molecule has 2 fully saturated rings. The number of hydrogen-bond acceptors (Lipinski definition) is 5. The number of likely N-dealkylation sites (tertiary alicyclic amines) is 1. The van der Waals surface area contributed by atoms with Crippen molar-refractivity contribution in [3.8, 4) is 11.1 Å². The summed E-state index contributed by atoms with van der Waals surface area (Å²) in [6.07, 6.45) is 3.57. The summed E-state index contributed by atoms with van der Waals surface area (Å²) in [5.41, 5.74) is 7.60. The molecule has 43 heavy (non-hydrogen) atoms. The molecule has 0 aliphatic carbocycles. The van der Waals surface area contributed by atoms with E-state index in [1.807, 2.05) is 32.9 Å². The van der Waals surface area contributed by atoms with Crippen LogP contribution in [0.4, 0.5) is 10.1 Å². The molecule has 2 saturated heterocycles. The monoisotopic (exact) mass is 588 g/mol. The zero-order valence-corrected chi connectivity index (χ0v) is 25.9. The van der Waals surface area contributed by atoms with Gasteiger partial charge in [0.1, 0.15) is 6.17 Å². The molecule has 0 saturated carbocycles. The third-order valence-corrected chi connectivity index (χ3v) is 8.96. The number of piperidine rings is 1. The summed E-state index contributed by atoms with van der Waals surface area (Å²) < 4.78 is 19.5. The highest BCUT2D eigenvalue weighted by Crippen LogP contribution is 2.31. The molecule has 2 aromatic carbocycles. The summed E-state index contributed by atoms with van der Waals surface area (Å²) in [6, 6.07) is 14.7. The number of ether oxygens (including phenoxy) is 1. The molecular formula is C35H45FN4O3. The Morgan fingerprint density at radius 3 is 2.49 bits per heavy atom. The number of anilines is 1. The number of alkyl halides is 1. The lowest BCUT2D eigenvalue weighted by Gasteiger charge is -2.31. The Morgan fingerprint density at radius 1 is 1.05 bits per heavy atom. The summed E-state index contributed by atoms with van der Waals surface area (Å²) in [5, 5.41) is 6.74. The first-order valence-electron chi connectivity index (χ1n) is 15.7. The van der Waals surface area contributed by atoms with Crippen LogP contribution in [0.15, 0.2) is 47.3 Å². The van der Waals surface area contributed by atoms with Crippen molar-refractivity contribution in [2.75, 3.05) is 25.0 Å². The Balaban J connectivity index is 1.40. The quantitative estimate of drug-likeness (QED) is 0.277. The number of carbonyl (C=O) groups excluding carboxylic acids is 1. The van der Waals surface area contributed by atoms with Gasteiger partial charge in [0.15, 0.2) is 0 Å². The van der Waals surface area contributed by atoms with Crippen LogP contribution in [0.5, 0.6) is 0 Å². The Labute approximate surface area is 254 Å². The fourth-order valence-electron chi connectivity index (χ4n) is 6.27. The second kappa shape index (κ2) is 13.9. The summed E-state index contributed by atoms with van der Waals surface area (Å²) in [5.74, 6) is -0.215. The molecule has 5 rings (SSSR count). The van der Waals surface area contributed by atoms with Crippen LogP contribution < -0.4 is 16.2 Å². The number of aryl methyl sites for hydroxylation is 2. The Hall–Kier alpha value is -3.49. The Bertz CT molecular complexity index is 1480. The maximum Gasteiger partial charge on any atom is 0.253 e. The minimum absolute atomic E-state index is 0.152. The number of halogens is 1. The molecule has 2 atom stereocenters. The average Bonchev–Trinajstić information content (AvgIpc) is 2.99. The number of rotatable bonds is 9. The van der Waals surface area contributed by atoms with Gasteiger partial charge in [-0.15, -0.1) is 0 Å². The minimum atomic E-state index is -0.676. The molecule has 3 N–H and O–H groups in total. The van der Waals surface area contributed by atoms with Gasteiger partial charge in [-0.2, -0.15) is 0 Å². The second-order valence-corrected chi connectivity index (χ2v) is 12.2. The third kappa shape index (κ3) is 7.73. The largest absolute Gasteiger partial charge is 0.382 e. The predicted octanol–water partition coefficient (Wildman–Crippen LogP) is 6.20. The maximum atomic E-state index is 13.6. The lowest BCUT2D eigenvalue weighted by molar-refractivity contribution is 0.00924. The van der Waals surface area contributed by atoms with Gasteiger partial charge in [0.05, 0.1) is 6.10 Å². The van der Waals surface area contributed by atoms with Crippen molar-refractivity contribution in [2.24, 2.45) is 0 Å². The molecule has 2 unspecified atom stereocenters. The van der Waals surface area contributed by atoms with Gasteiger partial charge in [0, 0.05) is 61.3 Å². The standard InChI is InChI=1S/C35H45FN4O3/c1-5-30-19-29(12-15-43-30)39-33-18-27(26-8-6-25(7-9-26)21-40-13-10-28(36)11-14-40)17-31(24(33)4)34(41)37-20-32-22(2)16-23(3)38-35(32)42/h6-9,16-18,28-30,39H,5,10-15,19-21H2,1-4H3,(H,37,41)(H,38,42). The molecule has 1 aromatic heterocycles. The summed E-state index contributed by atoms with van der Waals surface area (Å²) in [7, 11) is 0. The predicted molar refractivity (Wildman–Crippen MR) is 170 cm³/mol. The van der Waals surface area contributed by atoms with E-state index in [0.717, 1.165) is 79.1 Å². The number of pyridine rings is 1. The second-order valence-electron chi connectivity index (χ2n) is 12.2. The fourth-order valence-corrected chi connectivity index (χ4v) is 6.27. The number of benzene rings is 2. The summed E-state index contributed by atoms with van der Waals surface area (Å²) in [4.78, 5) is 31.4. The third-order valence-electron chi connectivity index (χ3n) is 8.96. The number of H-pyrrole nitrogens is 1. The highest BCUT2D eigenvalue weighted by Gasteiger charge is 2.24. The molecular weight excluding hydrogens is 543 g/mol. The van der Waals surface area contributed by atoms with E-state index in [0.29, 0.717) is 24.0 Å². The smallest absolute Gasteiger partial charge is 0.253 e. The van der Waals surface area contributed by atoms with Crippen molar-refractivity contribution >= 4 is 11.6 Å². The van der Waals surface area contributed by atoms with Crippen molar-refractivity contribution in [1.29, 1.82) is 0 Å². The molecule has 3 aromatic rings. The first-order chi connectivity index (χ1) is 20.7. The molecule has 0 spiro atoms.